The van der Waals surface area contributed by atoms with Gasteiger partial charge in [0, 0.05) is 12.6 Å². The second kappa shape index (κ2) is 4.83. The number of amidine groups is 1. The number of rotatable bonds is 3. The molecule has 5 nitrogen and oxygen atoms in total. The van der Waals surface area contributed by atoms with E-state index in [1.807, 2.05) is 0 Å². The summed E-state index contributed by atoms with van der Waals surface area (Å²) < 4.78 is 27.4. The molecule has 0 saturated carbocycles. The quantitative estimate of drug-likeness (QED) is 0.890. The number of carbonyl (C=O) groups is 1. The van der Waals surface area contributed by atoms with Crippen LogP contribution in [0.25, 0.3) is 0 Å². The summed E-state index contributed by atoms with van der Waals surface area (Å²) in [6, 6.07) is 3.04. The zero-order valence-corrected chi connectivity index (χ0v) is 10.6. The zero-order chi connectivity index (χ0) is 14.2. The maximum Gasteiger partial charge on any atom is 0.286 e. The fourth-order valence-corrected chi connectivity index (χ4v) is 2.02. The van der Waals surface area contributed by atoms with E-state index < -0.39 is 23.6 Å². The first-order valence-electron chi connectivity index (χ1n) is 5.72. The van der Waals surface area contributed by atoms with Gasteiger partial charge in [0.15, 0.2) is 0 Å². The molecule has 0 aliphatic carbocycles. The minimum Gasteiger partial charge on any atom is -0.363 e. The number of amides is 1. The third kappa shape index (κ3) is 2.35. The topological polar surface area (TPSA) is 61.9 Å². The van der Waals surface area contributed by atoms with Crippen LogP contribution in [-0.2, 0) is 4.79 Å². The van der Waals surface area contributed by atoms with Gasteiger partial charge in [-0.1, -0.05) is 6.07 Å². The predicted octanol–water partition coefficient (Wildman–Crippen LogP) is 1.03. The van der Waals surface area contributed by atoms with Crippen molar-refractivity contribution in [3.05, 3.63) is 35.4 Å². The molecular weight excluding hydrogens is 254 g/mol. The largest absolute Gasteiger partial charge is 0.363 e. The molecule has 0 bridgehead atoms. The van der Waals surface area contributed by atoms with E-state index in [-0.39, 0.29) is 18.1 Å². The number of hydrazone groups is 1. The van der Waals surface area contributed by atoms with Crippen molar-refractivity contribution in [1.82, 2.24) is 9.91 Å². The first kappa shape index (κ1) is 13.3. The van der Waals surface area contributed by atoms with Gasteiger partial charge in [-0.15, -0.1) is 0 Å². The van der Waals surface area contributed by atoms with Crippen molar-refractivity contribution in [3.8, 4) is 0 Å². The Morgan fingerprint density at radius 1 is 1.42 bits per heavy atom. The summed E-state index contributed by atoms with van der Waals surface area (Å²) in [5, 5.41) is 5.41. The lowest BCUT2D eigenvalue weighted by molar-refractivity contribution is -0.112. The standard InChI is InChI=1S/C12H14F2N4O/c1-7(10-8(13)4-3-5-9(10)14)18-6-17(2)12(16-18)11(15)19/h3-5,7H,6H2,1-2H3,(H2,15,19). The highest BCUT2D eigenvalue weighted by Gasteiger charge is 2.29. The molecule has 1 aromatic carbocycles. The lowest BCUT2D eigenvalue weighted by Gasteiger charge is -2.24. The summed E-state index contributed by atoms with van der Waals surface area (Å²) >= 11 is 0. The molecule has 1 unspecified atom stereocenters. The third-order valence-electron chi connectivity index (χ3n) is 3.03. The molecule has 102 valence electrons. The number of hydrogen-bond acceptors (Lipinski definition) is 4. The number of halogens is 2. The summed E-state index contributed by atoms with van der Waals surface area (Å²) in [6.07, 6.45) is 0. The molecule has 7 heteroatoms. The van der Waals surface area contributed by atoms with Gasteiger partial charge < -0.3 is 10.6 Å². The molecule has 0 saturated heterocycles. The molecule has 19 heavy (non-hydrogen) atoms. The van der Waals surface area contributed by atoms with Crippen LogP contribution >= 0.6 is 0 Å². The van der Waals surface area contributed by atoms with E-state index in [4.69, 9.17) is 5.73 Å². The molecule has 0 aromatic heterocycles. The molecule has 1 aromatic rings. The second-order valence-corrected chi connectivity index (χ2v) is 4.38. The van der Waals surface area contributed by atoms with Gasteiger partial charge in [0.1, 0.15) is 18.3 Å². The molecule has 1 amide bonds. The van der Waals surface area contributed by atoms with E-state index in [1.54, 1.807) is 14.0 Å². The molecule has 2 rings (SSSR count). The van der Waals surface area contributed by atoms with Gasteiger partial charge in [-0.3, -0.25) is 9.80 Å². The van der Waals surface area contributed by atoms with Gasteiger partial charge in [0.05, 0.1) is 6.04 Å². The number of primary amides is 1. The molecular formula is C12H14F2N4O. The maximum atomic E-state index is 13.7. The number of nitrogens with two attached hydrogens (primary N) is 1. The Morgan fingerprint density at radius 2 is 2.00 bits per heavy atom. The zero-order valence-electron chi connectivity index (χ0n) is 10.6. The van der Waals surface area contributed by atoms with Gasteiger partial charge in [0.25, 0.3) is 5.91 Å². The van der Waals surface area contributed by atoms with Crippen LogP contribution in [0.2, 0.25) is 0 Å². The van der Waals surface area contributed by atoms with Gasteiger partial charge in [-0.25, -0.2) is 8.78 Å². The lowest BCUT2D eigenvalue weighted by atomic mass is 10.1. The van der Waals surface area contributed by atoms with Crippen LogP contribution < -0.4 is 5.73 Å². The Bertz CT molecular complexity index is 526. The Labute approximate surface area is 109 Å². The number of hydrogen-bond donors (Lipinski definition) is 1. The molecule has 0 fully saturated rings. The molecule has 0 radical (unpaired) electrons. The highest BCUT2D eigenvalue weighted by Crippen LogP contribution is 2.27. The molecule has 1 heterocycles. The van der Waals surface area contributed by atoms with Crippen LogP contribution in [-0.4, -0.2) is 35.4 Å². The Kier molecular flexibility index (Phi) is 3.37. The molecule has 0 spiro atoms. The first-order valence-corrected chi connectivity index (χ1v) is 5.72. The van der Waals surface area contributed by atoms with Crippen molar-refractivity contribution >= 4 is 11.7 Å². The number of benzene rings is 1. The molecule has 1 aliphatic heterocycles. The molecule has 1 aliphatic rings. The fraction of sp³-hybridized carbons (Fsp3) is 0.333. The van der Waals surface area contributed by atoms with Crippen LogP contribution in [0.3, 0.4) is 0 Å². The van der Waals surface area contributed by atoms with E-state index in [0.717, 1.165) is 0 Å². The van der Waals surface area contributed by atoms with Gasteiger partial charge in [-0.2, -0.15) is 5.10 Å². The van der Waals surface area contributed by atoms with Crippen molar-refractivity contribution in [2.75, 3.05) is 13.7 Å². The predicted molar refractivity (Wildman–Crippen MR) is 65.9 cm³/mol. The molecule has 1 atom stereocenters. The van der Waals surface area contributed by atoms with Gasteiger partial charge in [0.2, 0.25) is 5.84 Å². The minimum absolute atomic E-state index is 0.0728. The summed E-state index contributed by atoms with van der Waals surface area (Å²) in [5.74, 6) is -1.88. The van der Waals surface area contributed by atoms with E-state index in [2.05, 4.69) is 5.10 Å². The summed E-state index contributed by atoms with van der Waals surface area (Å²) in [7, 11) is 1.63. The first-order chi connectivity index (χ1) is 8.91. The smallest absolute Gasteiger partial charge is 0.286 e. The Morgan fingerprint density at radius 3 is 2.47 bits per heavy atom. The van der Waals surface area contributed by atoms with E-state index in [0.29, 0.717) is 0 Å². The van der Waals surface area contributed by atoms with Crippen molar-refractivity contribution in [2.24, 2.45) is 10.8 Å². The third-order valence-corrected chi connectivity index (χ3v) is 3.03. The van der Waals surface area contributed by atoms with Crippen molar-refractivity contribution in [2.45, 2.75) is 13.0 Å². The van der Waals surface area contributed by atoms with Crippen molar-refractivity contribution < 1.29 is 13.6 Å². The monoisotopic (exact) mass is 268 g/mol. The average Bonchev–Trinajstić information content (AvgIpc) is 2.71. The Balaban J connectivity index is 2.31. The van der Waals surface area contributed by atoms with Gasteiger partial charge >= 0.3 is 0 Å². The van der Waals surface area contributed by atoms with Crippen LogP contribution in [0.4, 0.5) is 8.78 Å². The normalized spacial score (nSPS) is 16.5. The maximum absolute atomic E-state index is 13.7. The SMILES string of the molecule is CC(c1c(F)cccc1F)N1CN(C)C(C(N)=O)=N1. The summed E-state index contributed by atoms with van der Waals surface area (Å²) in [6.45, 7) is 1.86. The van der Waals surface area contributed by atoms with E-state index in [9.17, 15) is 13.6 Å². The lowest BCUT2D eigenvalue weighted by Crippen LogP contribution is -2.35. The number of nitrogens with zero attached hydrogens (tertiary/aromatic N) is 3. The van der Waals surface area contributed by atoms with Crippen molar-refractivity contribution in [3.63, 3.8) is 0 Å². The second-order valence-electron chi connectivity index (χ2n) is 4.38. The minimum atomic E-state index is -0.675. The van der Waals surface area contributed by atoms with Crippen molar-refractivity contribution in [1.29, 1.82) is 0 Å². The van der Waals surface area contributed by atoms with Crippen LogP contribution in [0.1, 0.15) is 18.5 Å². The van der Waals surface area contributed by atoms with Gasteiger partial charge in [-0.05, 0) is 19.1 Å². The van der Waals surface area contributed by atoms with Crippen LogP contribution in [0.15, 0.2) is 23.3 Å². The van der Waals surface area contributed by atoms with E-state index >= 15 is 0 Å². The highest BCUT2D eigenvalue weighted by atomic mass is 19.1. The summed E-state index contributed by atoms with van der Waals surface area (Å²) in [4.78, 5) is 12.7. The van der Waals surface area contributed by atoms with Crippen LogP contribution in [0.5, 0.6) is 0 Å². The summed E-state index contributed by atoms with van der Waals surface area (Å²) in [5.41, 5.74) is 5.08. The number of carbonyl (C=O) groups excluding carboxylic acids is 1. The van der Waals surface area contributed by atoms with E-state index in [1.165, 1.54) is 28.1 Å². The number of likely N-dealkylation sites (N-methyl/N-ethyl adjacent to an activating group) is 1. The Hall–Kier alpha value is -2.18. The fourth-order valence-electron chi connectivity index (χ4n) is 2.02. The highest BCUT2D eigenvalue weighted by molar-refractivity contribution is 6.37. The molecule has 2 N–H and O–H groups in total. The van der Waals surface area contributed by atoms with Crippen LogP contribution in [0, 0.1) is 11.6 Å². The average molecular weight is 268 g/mol.